The molecule has 0 unspecified atom stereocenters. The maximum atomic E-state index is 13.7. The number of fused-ring (bicyclic) bond motifs is 1. The Morgan fingerprint density at radius 1 is 1.16 bits per heavy atom. The van der Waals surface area contributed by atoms with E-state index in [1.165, 1.54) is 17.8 Å². The third kappa shape index (κ3) is 3.23. The van der Waals surface area contributed by atoms with Gasteiger partial charge < -0.3 is 4.52 Å². The van der Waals surface area contributed by atoms with E-state index < -0.39 is 0 Å². The monoisotopic (exact) mass is 352 g/mol. The minimum atomic E-state index is -0.288. The zero-order valence-corrected chi connectivity index (χ0v) is 14.1. The van der Waals surface area contributed by atoms with Gasteiger partial charge in [0.05, 0.1) is 11.9 Å². The first kappa shape index (κ1) is 15.7. The van der Waals surface area contributed by atoms with Gasteiger partial charge in [-0.15, -0.1) is 5.10 Å². The van der Waals surface area contributed by atoms with Crippen LogP contribution in [-0.2, 0) is 5.75 Å². The maximum absolute atomic E-state index is 13.7. The number of thioether (sulfide) groups is 1. The summed E-state index contributed by atoms with van der Waals surface area (Å²) in [5, 5.41) is 15.0. The molecule has 4 aromatic rings. The van der Waals surface area contributed by atoms with Crippen molar-refractivity contribution in [1.29, 1.82) is 0 Å². The van der Waals surface area contributed by atoms with E-state index in [2.05, 4.69) is 20.3 Å². The summed E-state index contributed by atoms with van der Waals surface area (Å²) in [5.41, 5.74) is 1.17. The average Bonchev–Trinajstić information content (AvgIpc) is 3.11. The van der Waals surface area contributed by atoms with Gasteiger partial charge in [0.15, 0.2) is 0 Å². The highest BCUT2D eigenvalue weighted by Gasteiger charge is 2.12. The molecule has 2 heterocycles. The molecule has 0 saturated heterocycles. The highest BCUT2D eigenvalue weighted by atomic mass is 32.2. The van der Waals surface area contributed by atoms with Gasteiger partial charge in [0.25, 0.3) is 0 Å². The van der Waals surface area contributed by atoms with E-state index in [1.807, 2.05) is 24.3 Å². The van der Waals surface area contributed by atoms with Crippen molar-refractivity contribution in [3.8, 4) is 11.4 Å². The van der Waals surface area contributed by atoms with Gasteiger partial charge in [-0.25, -0.2) is 4.39 Å². The lowest BCUT2D eigenvalue weighted by molar-refractivity contribution is 0.391. The molecule has 0 aliphatic rings. The van der Waals surface area contributed by atoms with Crippen LogP contribution in [0.25, 0.3) is 22.2 Å². The normalized spacial score (nSPS) is 11.1. The van der Waals surface area contributed by atoms with Crippen molar-refractivity contribution >= 4 is 22.5 Å². The third-order valence-corrected chi connectivity index (χ3v) is 4.73. The summed E-state index contributed by atoms with van der Waals surface area (Å²) in [6.07, 6.45) is 1.73. The summed E-state index contributed by atoms with van der Waals surface area (Å²) < 4.78 is 19.0. The van der Waals surface area contributed by atoms with Crippen LogP contribution in [0.3, 0.4) is 0 Å². The van der Waals surface area contributed by atoms with Crippen LogP contribution in [0, 0.1) is 12.7 Å². The summed E-state index contributed by atoms with van der Waals surface area (Å²) in [4.78, 5) is 4.33. The van der Waals surface area contributed by atoms with E-state index >= 15 is 0 Å². The molecule has 0 N–H and O–H groups in total. The fourth-order valence-electron chi connectivity index (χ4n) is 2.40. The minimum absolute atomic E-state index is 0.288. The van der Waals surface area contributed by atoms with Gasteiger partial charge in [-0.05, 0) is 18.6 Å². The van der Waals surface area contributed by atoms with Crippen molar-refractivity contribution in [2.45, 2.75) is 17.7 Å². The van der Waals surface area contributed by atoms with Crippen LogP contribution in [0.1, 0.15) is 11.5 Å². The van der Waals surface area contributed by atoms with Crippen LogP contribution >= 0.6 is 11.8 Å². The first-order chi connectivity index (χ1) is 12.2. The fourth-order valence-corrected chi connectivity index (χ4v) is 3.22. The first-order valence-electron chi connectivity index (χ1n) is 7.63. The topological polar surface area (TPSA) is 64.7 Å². The molecular formula is C18H13FN4OS. The molecule has 25 heavy (non-hydrogen) atoms. The van der Waals surface area contributed by atoms with Crippen LogP contribution in [0.5, 0.6) is 0 Å². The molecule has 4 rings (SSSR count). The van der Waals surface area contributed by atoms with Crippen molar-refractivity contribution < 1.29 is 8.91 Å². The fraction of sp³-hybridized carbons (Fsp3) is 0.111. The van der Waals surface area contributed by atoms with Gasteiger partial charge in [-0.2, -0.15) is 10.1 Å². The Bertz CT molecular complexity index is 1040. The Morgan fingerprint density at radius 2 is 2.04 bits per heavy atom. The number of hydrogen-bond donors (Lipinski definition) is 0. The number of halogens is 1. The Hall–Kier alpha value is -2.80. The number of aryl methyl sites for hydroxylation is 1. The second kappa shape index (κ2) is 6.60. The molecule has 0 aliphatic heterocycles. The zero-order valence-electron chi connectivity index (χ0n) is 13.3. The lowest BCUT2D eigenvalue weighted by Crippen LogP contribution is -1.89. The van der Waals surface area contributed by atoms with E-state index in [9.17, 15) is 4.39 Å². The SMILES string of the molecule is Cc1ccc(-c2noc(CSc3nncc4ccccc34)n2)cc1F. The van der Waals surface area contributed by atoms with Crippen LogP contribution < -0.4 is 0 Å². The lowest BCUT2D eigenvalue weighted by Gasteiger charge is -2.01. The highest BCUT2D eigenvalue weighted by Crippen LogP contribution is 2.28. The number of aromatic nitrogens is 4. The maximum Gasteiger partial charge on any atom is 0.237 e. The Morgan fingerprint density at radius 3 is 2.92 bits per heavy atom. The molecule has 0 fully saturated rings. The smallest absolute Gasteiger partial charge is 0.237 e. The van der Waals surface area contributed by atoms with Gasteiger partial charge in [-0.1, -0.05) is 53.3 Å². The number of rotatable bonds is 4. The van der Waals surface area contributed by atoms with Crippen molar-refractivity contribution in [3.05, 3.63) is 65.9 Å². The molecule has 2 aromatic carbocycles. The number of hydrogen-bond acceptors (Lipinski definition) is 6. The van der Waals surface area contributed by atoms with E-state index in [-0.39, 0.29) is 5.82 Å². The summed E-state index contributed by atoms with van der Waals surface area (Å²) in [5.74, 6) is 1.00. The molecule has 7 heteroatoms. The Labute approximate surface area is 147 Å². The molecule has 124 valence electrons. The van der Waals surface area contributed by atoms with Gasteiger partial charge in [0, 0.05) is 16.3 Å². The molecule has 2 aromatic heterocycles. The van der Waals surface area contributed by atoms with E-state index in [0.29, 0.717) is 28.6 Å². The quantitative estimate of drug-likeness (QED) is 0.507. The summed E-state index contributed by atoms with van der Waals surface area (Å²) >= 11 is 1.47. The van der Waals surface area contributed by atoms with Crippen molar-refractivity contribution in [2.24, 2.45) is 0 Å². The Kier molecular flexibility index (Phi) is 4.15. The number of benzene rings is 2. The van der Waals surface area contributed by atoms with Crippen LogP contribution in [0.2, 0.25) is 0 Å². The average molecular weight is 352 g/mol. The van der Waals surface area contributed by atoms with Gasteiger partial charge in [-0.3, -0.25) is 0 Å². The third-order valence-electron chi connectivity index (χ3n) is 3.77. The summed E-state index contributed by atoms with van der Waals surface area (Å²) in [6, 6.07) is 12.8. The molecular weight excluding hydrogens is 339 g/mol. The van der Waals surface area contributed by atoms with Crippen LogP contribution in [0.4, 0.5) is 4.39 Å². The first-order valence-corrected chi connectivity index (χ1v) is 8.61. The summed E-state index contributed by atoms with van der Waals surface area (Å²) in [6.45, 7) is 1.71. The molecule has 0 spiro atoms. The van der Waals surface area contributed by atoms with Gasteiger partial charge in [0.2, 0.25) is 11.7 Å². The molecule has 0 amide bonds. The molecule has 0 radical (unpaired) electrons. The second-order valence-electron chi connectivity index (χ2n) is 5.50. The zero-order chi connectivity index (χ0) is 17.2. The van der Waals surface area contributed by atoms with Gasteiger partial charge in [0.1, 0.15) is 10.8 Å². The molecule has 0 bridgehead atoms. The van der Waals surface area contributed by atoms with E-state index in [1.54, 1.807) is 25.3 Å². The molecule has 0 saturated carbocycles. The molecule has 5 nitrogen and oxygen atoms in total. The van der Waals surface area contributed by atoms with Crippen LogP contribution in [-0.4, -0.2) is 20.3 Å². The lowest BCUT2D eigenvalue weighted by atomic mass is 10.1. The van der Waals surface area contributed by atoms with E-state index in [4.69, 9.17) is 4.52 Å². The van der Waals surface area contributed by atoms with Gasteiger partial charge >= 0.3 is 0 Å². The predicted octanol–water partition coefficient (Wildman–Crippen LogP) is 4.42. The molecule has 0 atom stereocenters. The second-order valence-corrected chi connectivity index (χ2v) is 6.47. The van der Waals surface area contributed by atoms with Crippen molar-refractivity contribution in [2.75, 3.05) is 0 Å². The van der Waals surface area contributed by atoms with Crippen molar-refractivity contribution in [1.82, 2.24) is 20.3 Å². The minimum Gasteiger partial charge on any atom is -0.338 e. The largest absolute Gasteiger partial charge is 0.338 e. The van der Waals surface area contributed by atoms with E-state index in [0.717, 1.165) is 15.8 Å². The molecule has 0 aliphatic carbocycles. The standard InChI is InChI=1S/C18H13FN4OS/c1-11-6-7-12(8-15(11)19)17-21-16(24-23-17)10-25-18-14-5-3-2-4-13(14)9-20-22-18/h2-9H,10H2,1H3. The highest BCUT2D eigenvalue weighted by molar-refractivity contribution is 7.98. The Balaban J connectivity index is 1.54. The number of nitrogens with zero attached hydrogens (tertiary/aromatic N) is 4. The summed E-state index contributed by atoms with van der Waals surface area (Å²) in [7, 11) is 0. The van der Waals surface area contributed by atoms with Crippen LogP contribution in [0.15, 0.2) is 58.2 Å². The van der Waals surface area contributed by atoms with Crippen molar-refractivity contribution in [3.63, 3.8) is 0 Å². The predicted molar refractivity (Wildman–Crippen MR) is 93.5 cm³/mol.